The minimum atomic E-state index is -0.152. The molecule has 0 unspecified atom stereocenters. The van der Waals surface area contributed by atoms with E-state index >= 15 is 0 Å². The minimum Gasteiger partial charge on any atom is -0.301 e. The number of hydrogen-bond donors (Lipinski definition) is 1. The Bertz CT molecular complexity index is 1190. The van der Waals surface area contributed by atoms with Gasteiger partial charge in [0.05, 0.1) is 4.91 Å². The molecule has 3 heterocycles. The first-order valence-corrected chi connectivity index (χ1v) is 14.0. The van der Waals surface area contributed by atoms with E-state index in [-0.39, 0.29) is 18.2 Å². The lowest BCUT2D eigenvalue weighted by atomic mass is 10.2. The van der Waals surface area contributed by atoms with Crippen molar-refractivity contribution in [2.75, 3.05) is 11.9 Å². The van der Waals surface area contributed by atoms with Gasteiger partial charge in [-0.3, -0.25) is 14.5 Å². The fraction of sp³-hybridized carbons (Fsp3) is 0.227. The van der Waals surface area contributed by atoms with Crippen LogP contribution >= 0.6 is 58.4 Å². The zero-order valence-electron chi connectivity index (χ0n) is 17.6. The Labute approximate surface area is 213 Å². The standard InChI is InChI=1S/C22H20N4O2S5/c1-14-5-2-6-15(11-14)13-31-21-25-24-20(33-21)23-18(27)8-3-9-26-19(28)17(32-22(26)29)12-16-7-4-10-30-16/h2,4-7,10-12H,3,8-9,13H2,1H3,(H,23,24,27)/b17-12-. The van der Waals surface area contributed by atoms with E-state index in [0.717, 1.165) is 15.0 Å². The molecule has 3 aromatic rings. The van der Waals surface area contributed by atoms with Crippen molar-refractivity contribution in [1.29, 1.82) is 0 Å². The number of anilines is 1. The number of nitrogens with one attached hydrogen (secondary N) is 1. The van der Waals surface area contributed by atoms with Crippen molar-refractivity contribution in [3.63, 3.8) is 0 Å². The van der Waals surface area contributed by atoms with Gasteiger partial charge >= 0.3 is 0 Å². The number of thioether (sulfide) groups is 2. The molecule has 0 atom stereocenters. The summed E-state index contributed by atoms with van der Waals surface area (Å²) < 4.78 is 1.34. The highest BCUT2D eigenvalue weighted by atomic mass is 32.2. The number of thiophene rings is 1. The molecule has 4 rings (SSSR count). The first kappa shape index (κ1) is 24.1. The largest absolute Gasteiger partial charge is 0.301 e. The molecule has 1 N–H and O–H groups in total. The van der Waals surface area contributed by atoms with Crippen LogP contribution in [0.4, 0.5) is 5.13 Å². The second kappa shape index (κ2) is 11.4. The highest BCUT2D eigenvalue weighted by Crippen LogP contribution is 2.33. The van der Waals surface area contributed by atoms with E-state index in [0.29, 0.717) is 27.3 Å². The summed E-state index contributed by atoms with van der Waals surface area (Å²) in [5, 5.41) is 13.5. The van der Waals surface area contributed by atoms with Crippen molar-refractivity contribution >= 4 is 85.8 Å². The summed E-state index contributed by atoms with van der Waals surface area (Å²) in [5.74, 6) is 0.550. The van der Waals surface area contributed by atoms with Gasteiger partial charge in [0.1, 0.15) is 4.32 Å². The van der Waals surface area contributed by atoms with Gasteiger partial charge in [-0.05, 0) is 36.4 Å². The molecule has 1 fully saturated rings. The zero-order chi connectivity index (χ0) is 23.2. The Kier molecular flexibility index (Phi) is 8.31. The van der Waals surface area contributed by atoms with Crippen molar-refractivity contribution in [1.82, 2.24) is 15.1 Å². The van der Waals surface area contributed by atoms with Crippen molar-refractivity contribution in [2.24, 2.45) is 0 Å². The smallest absolute Gasteiger partial charge is 0.266 e. The Morgan fingerprint density at radius 1 is 1.27 bits per heavy atom. The van der Waals surface area contributed by atoms with Crippen LogP contribution in [0.25, 0.3) is 6.08 Å². The molecule has 33 heavy (non-hydrogen) atoms. The SMILES string of the molecule is Cc1cccc(CSc2nnc(NC(=O)CCCN3C(=O)/C(=C/c4cccs4)SC3=S)s2)c1. The molecular weight excluding hydrogens is 513 g/mol. The first-order chi connectivity index (χ1) is 16.0. The Morgan fingerprint density at radius 2 is 2.15 bits per heavy atom. The van der Waals surface area contributed by atoms with Crippen molar-refractivity contribution in [3.05, 3.63) is 62.7 Å². The molecule has 1 aliphatic heterocycles. The summed E-state index contributed by atoms with van der Waals surface area (Å²) in [7, 11) is 0. The molecule has 0 bridgehead atoms. The lowest BCUT2D eigenvalue weighted by Crippen LogP contribution is -2.29. The molecule has 1 saturated heterocycles. The van der Waals surface area contributed by atoms with E-state index in [1.807, 2.05) is 29.7 Å². The third kappa shape index (κ3) is 6.73. The van der Waals surface area contributed by atoms with Crippen LogP contribution in [-0.4, -0.2) is 37.8 Å². The molecule has 11 heteroatoms. The number of carbonyl (C=O) groups is 2. The minimum absolute atomic E-state index is 0.0989. The quantitative estimate of drug-likeness (QED) is 0.161. The molecule has 0 radical (unpaired) electrons. The maximum absolute atomic E-state index is 12.6. The number of hydrogen-bond acceptors (Lipinski definition) is 9. The van der Waals surface area contributed by atoms with Gasteiger partial charge in [-0.2, -0.15) is 0 Å². The summed E-state index contributed by atoms with van der Waals surface area (Å²) in [6, 6.07) is 12.2. The van der Waals surface area contributed by atoms with Gasteiger partial charge in [0.2, 0.25) is 11.0 Å². The lowest BCUT2D eigenvalue weighted by Gasteiger charge is -2.13. The number of aryl methyl sites for hydroxylation is 1. The number of nitrogens with zero attached hydrogens (tertiary/aromatic N) is 3. The summed E-state index contributed by atoms with van der Waals surface area (Å²) >= 11 is 11.2. The van der Waals surface area contributed by atoms with Crippen molar-refractivity contribution < 1.29 is 9.59 Å². The van der Waals surface area contributed by atoms with E-state index in [4.69, 9.17) is 12.2 Å². The van der Waals surface area contributed by atoms with Gasteiger partial charge in [0, 0.05) is 23.6 Å². The molecular formula is C22H20N4O2S5. The van der Waals surface area contributed by atoms with E-state index in [1.165, 1.54) is 34.2 Å². The van der Waals surface area contributed by atoms with E-state index in [1.54, 1.807) is 28.0 Å². The molecule has 2 amide bonds. The Balaban J connectivity index is 1.21. The fourth-order valence-electron chi connectivity index (χ4n) is 3.04. The third-order valence-electron chi connectivity index (χ3n) is 4.57. The zero-order valence-corrected chi connectivity index (χ0v) is 21.7. The highest BCUT2D eigenvalue weighted by molar-refractivity contribution is 8.26. The van der Waals surface area contributed by atoms with Crippen molar-refractivity contribution in [3.8, 4) is 0 Å². The maximum atomic E-state index is 12.6. The number of thiocarbonyl (C=S) groups is 1. The van der Waals surface area contributed by atoms with Crippen molar-refractivity contribution in [2.45, 2.75) is 29.9 Å². The molecule has 0 spiro atoms. The summed E-state index contributed by atoms with van der Waals surface area (Å²) in [5.41, 5.74) is 2.45. The average Bonchev–Trinajstić information content (AvgIpc) is 3.51. The predicted molar refractivity (Wildman–Crippen MR) is 143 cm³/mol. The Morgan fingerprint density at radius 3 is 2.94 bits per heavy atom. The van der Waals surface area contributed by atoms with E-state index in [9.17, 15) is 9.59 Å². The average molecular weight is 533 g/mol. The van der Waals surface area contributed by atoms with Crippen LogP contribution in [0.5, 0.6) is 0 Å². The van der Waals surface area contributed by atoms with Crippen LogP contribution in [0, 0.1) is 6.92 Å². The molecule has 170 valence electrons. The van der Waals surface area contributed by atoms with Crippen LogP contribution in [0.2, 0.25) is 0 Å². The number of rotatable bonds is 9. The second-order valence-corrected chi connectivity index (χ2v) is 12.0. The highest BCUT2D eigenvalue weighted by Gasteiger charge is 2.31. The summed E-state index contributed by atoms with van der Waals surface area (Å²) in [6.07, 6.45) is 2.64. The van der Waals surface area contributed by atoms with Gasteiger partial charge in [-0.15, -0.1) is 21.5 Å². The summed E-state index contributed by atoms with van der Waals surface area (Å²) in [6.45, 7) is 2.48. The Hall–Kier alpha value is -2.05. The van der Waals surface area contributed by atoms with E-state index in [2.05, 4.69) is 40.6 Å². The predicted octanol–water partition coefficient (Wildman–Crippen LogP) is 5.82. The van der Waals surface area contributed by atoms with Crippen LogP contribution < -0.4 is 5.32 Å². The molecule has 6 nitrogen and oxygen atoms in total. The topological polar surface area (TPSA) is 75.2 Å². The molecule has 1 aromatic carbocycles. The van der Waals surface area contributed by atoms with Gasteiger partial charge in [-0.1, -0.05) is 83.0 Å². The maximum Gasteiger partial charge on any atom is 0.266 e. The second-order valence-electron chi connectivity index (χ2n) is 7.15. The molecule has 0 aliphatic carbocycles. The van der Waals surface area contributed by atoms with Crippen LogP contribution in [0.1, 0.15) is 28.8 Å². The van der Waals surface area contributed by atoms with E-state index < -0.39 is 0 Å². The van der Waals surface area contributed by atoms with Gasteiger partial charge in [-0.25, -0.2) is 0 Å². The normalized spacial score (nSPS) is 14.9. The summed E-state index contributed by atoms with van der Waals surface area (Å²) in [4.78, 5) is 28.2. The van der Waals surface area contributed by atoms with Gasteiger partial charge in [0.25, 0.3) is 5.91 Å². The van der Waals surface area contributed by atoms with Crippen LogP contribution in [0.15, 0.2) is 51.0 Å². The number of benzene rings is 1. The van der Waals surface area contributed by atoms with Crippen LogP contribution in [0.3, 0.4) is 0 Å². The molecule has 1 aliphatic rings. The number of aromatic nitrogens is 2. The third-order valence-corrected chi connectivity index (χ3v) is 8.81. The van der Waals surface area contributed by atoms with Gasteiger partial charge in [0.15, 0.2) is 4.34 Å². The first-order valence-electron chi connectivity index (χ1n) is 10.1. The molecule has 0 saturated carbocycles. The monoisotopic (exact) mass is 532 g/mol. The lowest BCUT2D eigenvalue weighted by molar-refractivity contribution is -0.122. The van der Waals surface area contributed by atoms with Gasteiger partial charge < -0.3 is 5.32 Å². The van der Waals surface area contributed by atoms with Crippen LogP contribution in [-0.2, 0) is 15.3 Å². The fourth-order valence-corrected chi connectivity index (χ4v) is 6.78. The molecule has 2 aromatic heterocycles. The number of amides is 2. The number of carbonyl (C=O) groups excluding carboxylic acids is 2.